The number of rotatable bonds is 4. The normalized spacial score (nSPS) is 18.9. The first-order chi connectivity index (χ1) is 7.31. The second-order valence-electron chi connectivity index (χ2n) is 4.21. The summed E-state index contributed by atoms with van der Waals surface area (Å²) in [4.78, 5) is 0. The maximum atomic E-state index is 5.98. The Hall–Kier alpha value is -1.02. The van der Waals surface area contributed by atoms with E-state index in [0.29, 0.717) is 0 Å². The summed E-state index contributed by atoms with van der Waals surface area (Å²) in [5.41, 5.74) is 8.65. The lowest BCUT2D eigenvalue weighted by molar-refractivity contribution is 0.309. The highest BCUT2D eigenvalue weighted by Gasteiger charge is 2.18. The molecule has 0 bridgehead atoms. The summed E-state index contributed by atoms with van der Waals surface area (Å²) in [7, 11) is 0. The van der Waals surface area contributed by atoms with Crippen molar-refractivity contribution >= 4 is 0 Å². The number of benzene rings is 1. The number of hydrogen-bond donors (Lipinski definition) is 1. The molecule has 1 aromatic rings. The fraction of sp³-hybridized carbons (Fsp3) is 0.538. The first-order valence-corrected chi connectivity index (χ1v) is 5.82. The van der Waals surface area contributed by atoms with Crippen molar-refractivity contribution in [3.8, 4) is 5.75 Å². The van der Waals surface area contributed by atoms with Gasteiger partial charge in [-0.05, 0) is 42.5 Å². The molecule has 82 valence electrons. The Labute approximate surface area is 91.4 Å². The summed E-state index contributed by atoms with van der Waals surface area (Å²) in [5.74, 6) is 0.997. The van der Waals surface area contributed by atoms with Gasteiger partial charge in [-0.25, -0.2) is 0 Å². The quantitative estimate of drug-likeness (QED) is 0.767. The van der Waals surface area contributed by atoms with E-state index in [1.54, 1.807) is 0 Å². The van der Waals surface area contributed by atoms with Gasteiger partial charge in [-0.15, -0.1) is 0 Å². The third kappa shape index (κ3) is 2.32. The van der Waals surface area contributed by atoms with Gasteiger partial charge in [0, 0.05) is 6.04 Å². The molecule has 1 atom stereocenters. The average Bonchev–Trinajstić information content (AvgIpc) is 2.61. The van der Waals surface area contributed by atoms with Crippen LogP contribution in [0.5, 0.6) is 5.75 Å². The molecular formula is C13H19NO. The number of hydrogen-bond acceptors (Lipinski definition) is 2. The summed E-state index contributed by atoms with van der Waals surface area (Å²) >= 11 is 0. The van der Waals surface area contributed by atoms with E-state index in [1.807, 2.05) is 6.07 Å². The van der Waals surface area contributed by atoms with E-state index in [0.717, 1.165) is 31.6 Å². The number of nitrogens with two attached hydrogens (primary N) is 1. The van der Waals surface area contributed by atoms with Crippen molar-refractivity contribution in [1.29, 1.82) is 0 Å². The molecule has 0 fully saturated rings. The molecule has 1 aliphatic rings. The van der Waals surface area contributed by atoms with Crippen LogP contribution in [0.3, 0.4) is 0 Å². The van der Waals surface area contributed by atoms with Crippen molar-refractivity contribution in [1.82, 2.24) is 0 Å². The second-order valence-corrected chi connectivity index (χ2v) is 4.21. The molecule has 0 amide bonds. The van der Waals surface area contributed by atoms with E-state index < -0.39 is 0 Å². The van der Waals surface area contributed by atoms with Gasteiger partial charge in [0.25, 0.3) is 0 Å². The SMILES string of the molecule is CCCCOc1ccc2c(c1)CC[C@H]2N. The van der Waals surface area contributed by atoms with E-state index in [1.165, 1.54) is 17.5 Å². The van der Waals surface area contributed by atoms with Gasteiger partial charge in [-0.2, -0.15) is 0 Å². The Morgan fingerprint density at radius 2 is 2.33 bits per heavy atom. The molecule has 2 rings (SSSR count). The molecule has 15 heavy (non-hydrogen) atoms. The van der Waals surface area contributed by atoms with Gasteiger partial charge >= 0.3 is 0 Å². The molecule has 2 nitrogen and oxygen atoms in total. The lowest BCUT2D eigenvalue weighted by atomic mass is 10.1. The van der Waals surface area contributed by atoms with Gasteiger partial charge in [-0.1, -0.05) is 19.4 Å². The zero-order valence-electron chi connectivity index (χ0n) is 9.33. The molecule has 0 saturated carbocycles. The monoisotopic (exact) mass is 205 g/mol. The molecule has 0 saturated heterocycles. The number of aryl methyl sites for hydroxylation is 1. The molecule has 1 aliphatic carbocycles. The third-order valence-corrected chi connectivity index (χ3v) is 3.01. The molecule has 2 N–H and O–H groups in total. The third-order valence-electron chi connectivity index (χ3n) is 3.01. The Morgan fingerprint density at radius 3 is 3.13 bits per heavy atom. The smallest absolute Gasteiger partial charge is 0.119 e. The van der Waals surface area contributed by atoms with Gasteiger partial charge in [0.2, 0.25) is 0 Å². The van der Waals surface area contributed by atoms with Crippen LogP contribution in [-0.2, 0) is 6.42 Å². The van der Waals surface area contributed by atoms with E-state index in [-0.39, 0.29) is 6.04 Å². The molecule has 1 aromatic carbocycles. The predicted octanol–water partition coefficient (Wildman–Crippen LogP) is 2.81. The maximum Gasteiger partial charge on any atom is 0.119 e. The van der Waals surface area contributed by atoms with Crippen LogP contribution in [0.2, 0.25) is 0 Å². The van der Waals surface area contributed by atoms with Gasteiger partial charge in [-0.3, -0.25) is 0 Å². The fourth-order valence-electron chi connectivity index (χ4n) is 2.05. The van der Waals surface area contributed by atoms with Crippen LogP contribution in [-0.4, -0.2) is 6.61 Å². The van der Waals surface area contributed by atoms with Crippen molar-refractivity contribution in [2.75, 3.05) is 6.61 Å². The van der Waals surface area contributed by atoms with Crippen LogP contribution in [0.1, 0.15) is 43.4 Å². The highest BCUT2D eigenvalue weighted by Crippen LogP contribution is 2.31. The summed E-state index contributed by atoms with van der Waals surface area (Å²) in [6.07, 6.45) is 4.47. The van der Waals surface area contributed by atoms with E-state index in [4.69, 9.17) is 10.5 Å². The molecular weight excluding hydrogens is 186 g/mol. The number of unbranched alkanes of at least 4 members (excludes halogenated alkanes) is 1. The Morgan fingerprint density at radius 1 is 1.47 bits per heavy atom. The van der Waals surface area contributed by atoms with Crippen LogP contribution in [0, 0.1) is 0 Å². The Kier molecular flexibility index (Phi) is 3.27. The second kappa shape index (κ2) is 4.67. The maximum absolute atomic E-state index is 5.98. The minimum atomic E-state index is 0.240. The van der Waals surface area contributed by atoms with Gasteiger partial charge in [0.05, 0.1) is 6.61 Å². The summed E-state index contributed by atoms with van der Waals surface area (Å²) in [5, 5.41) is 0. The zero-order valence-corrected chi connectivity index (χ0v) is 9.33. The molecule has 2 heteroatoms. The van der Waals surface area contributed by atoms with Gasteiger partial charge in [0.15, 0.2) is 0 Å². The molecule has 0 radical (unpaired) electrons. The lowest BCUT2D eigenvalue weighted by Crippen LogP contribution is -2.05. The summed E-state index contributed by atoms with van der Waals surface area (Å²) < 4.78 is 5.67. The van der Waals surface area contributed by atoms with Crippen molar-refractivity contribution < 1.29 is 4.74 Å². The molecule has 0 aliphatic heterocycles. The summed E-state index contributed by atoms with van der Waals surface area (Å²) in [6, 6.07) is 6.55. The predicted molar refractivity (Wildman–Crippen MR) is 62.1 cm³/mol. The fourth-order valence-corrected chi connectivity index (χ4v) is 2.05. The van der Waals surface area contributed by atoms with Crippen LogP contribution in [0.25, 0.3) is 0 Å². The zero-order chi connectivity index (χ0) is 10.7. The van der Waals surface area contributed by atoms with Crippen LogP contribution in [0.15, 0.2) is 18.2 Å². The van der Waals surface area contributed by atoms with Crippen molar-refractivity contribution in [2.45, 2.75) is 38.6 Å². The van der Waals surface area contributed by atoms with Crippen molar-refractivity contribution in [3.05, 3.63) is 29.3 Å². The van der Waals surface area contributed by atoms with E-state index in [2.05, 4.69) is 19.1 Å². The van der Waals surface area contributed by atoms with Crippen LogP contribution >= 0.6 is 0 Å². The average molecular weight is 205 g/mol. The van der Waals surface area contributed by atoms with Gasteiger partial charge < -0.3 is 10.5 Å². The minimum Gasteiger partial charge on any atom is -0.494 e. The first-order valence-electron chi connectivity index (χ1n) is 5.82. The van der Waals surface area contributed by atoms with Crippen molar-refractivity contribution in [3.63, 3.8) is 0 Å². The van der Waals surface area contributed by atoms with Crippen molar-refractivity contribution in [2.24, 2.45) is 5.73 Å². The van der Waals surface area contributed by atoms with E-state index in [9.17, 15) is 0 Å². The minimum absolute atomic E-state index is 0.240. The highest BCUT2D eigenvalue weighted by molar-refractivity contribution is 5.40. The first kappa shape index (κ1) is 10.5. The van der Waals surface area contributed by atoms with Crippen LogP contribution in [0.4, 0.5) is 0 Å². The lowest BCUT2D eigenvalue weighted by Gasteiger charge is -2.08. The highest BCUT2D eigenvalue weighted by atomic mass is 16.5. The molecule has 0 unspecified atom stereocenters. The summed E-state index contributed by atoms with van der Waals surface area (Å²) in [6.45, 7) is 2.99. The standard InChI is InChI=1S/C13H19NO/c1-2-3-8-15-11-5-6-12-10(9-11)4-7-13(12)14/h5-6,9,13H,2-4,7-8,14H2,1H3/t13-/m1/s1. The molecule has 0 heterocycles. The molecule has 0 spiro atoms. The number of fused-ring (bicyclic) bond motifs is 1. The van der Waals surface area contributed by atoms with Gasteiger partial charge in [0.1, 0.15) is 5.75 Å². The number of ether oxygens (including phenoxy) is 1. The topological polar surface area (TPSA) is 35.2 Å². The Bertz CT molecular complexity index is 335. The molecule has 0 aromatic heterocycles. The van der Waals surface area contributed by atoms with Crippen LogP contribution < -0.4 is 10.5 Å². The Balaban J connectivity index is 2.03. The largest absolute Gasteiger partial charge is 0.494 e. The van der Waals surface area contributed by atoms with E-state index >= 15 is 0 Å².